The van der Waals surface area contributed by atoms with Gasteiger partial charge >= 0.3 is 0 Å². The van der Waals surface area contributed by atoms with Crippen LogP contribution in [0.15, 0.2) is 12.1 Å². The van der Waals surface area contributed by atoms with Crippen LogP contribution in [0.4, 0.5) is 5.82 Å². The van der Waals surface area contributed by atoms with Crippen molar-refractivity contribution >= 4 is 11.7 Å². The highest BCUT2D eigenvalue weighted by atomic mass is 16.2. The molecule has 0 N–H and O–H groups in total. The van der Waals surface area contributed by atoms with E-state index in [1.165, 1.54) is 0 Å². The van der Waals surface area contributed by atoms with Crippen molar-refractivity contribution < 1.29 is 4.79 Å². The van der Waals surface area contributed by atoms with E-state index < -0.39 is 0 Å². The van der Waals surface area contributed by atoms with E-state index >= 15 is 0 Å². The number of anilines is 1. The number of carbonyl (C=O) groups is 1. The summed E-state index contributed by atoms with van der Waals surface area (Å²) >= 11 is 0. The Kier molecular flexibility index (Phi) is 2.17. The Labute approximate surface area is 108 Å². The van der Waals surface area contributed by atoms with Crippen LogP contribution < -0.4 is 4.90 Å². The van der Waals surface area contributed by atoms with Crippen LogP contribution in [0.3, 0.4) is 0 Å². The van der Waals surface area contributed by atoms with Crippen molar-refractivity contribution in [2.75, 3.05) is 11.4 Å². The third-order valence-electron chi connectivity index (χ3n) is 4.14. The highest BCUT2D eigenvalue weighted by Gasteiger charge is 2.59. The molecule has 1 aromatic heterocycles. The zero-order valence-electron chi connectivity index (χ0n) is 11.6. The fourth-order valence-electron chi connectivity index (χ4n) is 2.82. The molecule has 1 fully saturated rings. The van der Waals surface area contributed by atoms with Gasteiger partial charge in [-0.05, 0) is 25.8 Å². The fraction of sp³-hybridized carbons (Fsp3) is 0.600. The molecule has 18 heavy (non-hydrogen) atoms. The first-order valence-electron chi connectivity index (χ1n) is 6.74. The summed E-state index contributed by atoms with van der Waals surface area (Å²) in [6.45, 7) is 9.20. The van der Waals surface area contributed by atoms with Crippen molar-refractivity contribution in [2.24, 2.45) is 0 Å². The molecule has 96 valence electrons. The maximum absolute atomic E-state index is 12.4. The second-order valence-electron chi connectivity index (χ2n) is 6.45. The van der Waals surface area contributed by atoms with E-state index in [2.05, 4.69) is 32.9 Å². The molecule has 0 bridgehead atoms. The van der Waals surface area contributed by atoms with Crippen LogP contribution in [-0.2, 0) is 15.6 Å². The molecule has 1 aliphatic heterocycles. The number of nitrogens with zero attached hydrogens (tertiary/aromatic N) is 2. The number of aromatic nitrogens is 1. The smallest absolute Gasteiger partial charge is 0.238 e. The van der Waals surface area contributed by atoms with Crippen molar-refractivity contribution in [3.05, 3.63) is 23.4 Å². The Morgan fingerprint density at radius 2 is 2.00 bits per heavy atom. The first kappa shape index (κ1) is 11.7. The van der Waals surface area contributed by atoms with Crippen molar-refractivity contribution in [1.82, 2.24) is 4.98 Å². The molecule has 0 radical (unpaired) electrons. The van der Waals surface area contributed by atoms with Gasteiger partial charge in [0.15, 0.2) is 0 Å². The third-order valence-corrected chi connectivity index (χ3v) is 4.14. The van der Waals surface area contributed by atoms with Gasteiger partial charge < -0.3 is 0 Å². The first-order valence-corrected chi connectivity index (χ1v) is 6.74. The average Bonchev–Trinajstić information content (AvgIpc) is 3.05. The first-order chi connectivity index (χ1) is 8.40. The number of likely N-dealkylation sites (N-methyl/N-ethyl adjacent to an activating group) is 1. The minimum absolute atomic E-state index is 0.0246. The van der Waals surface area contributed by atoms with Crippen molar-refractivity contribution in [2.45, 2.75) is 51.4 Å². The summed E-state index contributed by atoms with van der Waals surface area (Å²) < 4.78 is 0. The summed E-state index contributed by atoms with van der Waals surface area (Å²) in [7, 11) is 0. The monoisotopic (exact) mass is 244 g/mol. The Bertz CT molecular complexity index is 524. The van der Waals surface area contributed by atoms with Crippen LogP contribution >= 0.6 is 0 Å². The largest absolute Gasteiger partial charge is 0.296 e. The number of carbonyl (C=O) groups excluding carboxylic acids is 1. The average molecular weight is 244 g/mol. The summed E-state index contributed by atoms with van der Waals surface area (Å²) in [5.41, 5.74) is 2.04. The Balaban J connectivity index is 2.15. The number of pyridine rings is 1. The second-order valence-corrected chi connectivity index (χ2v) is 6.45. The molecule has 0 aromatic carbocycles. The molecule has 1 aliphatic carbocycles. The predicted octanol–water partition coefficient (Wildman–Crippen LogP) is 2.78. The van der Waals surface area contributed by atoms with Gasteiger partial charge in [0.1, 0.15) is 5.82 Å². The van der Waals surface area contributed by atoms with Crippen LogP contribution in [0.5, 0.6) is 0 Å². The summed E-state index contributed by atoms with van der Waals surface area (Å²) in [5.74, 6) is 1.17. The molecule has 2 heterocycles. The molecule has 3 rings (SSSR count). The zero-order valence-corrected chi connectivity index (χ0v) is 11.6. The Morgan fingerprint density at radius 3 is 2.50 bits per heavy atom. The van der Waals surface area contributed by atoms with Gasteiger partial charge in [-0.15, -0.1) is 0 Å². The number of hydrogen-bond acceptors (Lipinski definition) is 2. The van der Waals surface area contributed by atoms with E-state index in [0.29, 0.717) is 6.54 Å². The van der Waals surface area contributed by atoms with Crippen molar-refractivity contribution in [1.29, 1.82) is 0 Å². The van der Waals surface area contributed by atoms with Crippen molar-refractivity contribution in [3.8, 4) is 0 Å². The number of fused-ring (bicyclic) bond motifs is 2. The molecule has 1 amide bonds. The van der Waals surface area contributed by atoms with Crippen molar-refractivity contribution in [3.63, 3.8) is 0 Å². The van der Waals surface area contributed by atoms with Gasteiger partial charge in [0.2, 0.25) is 5.91 Å². The maximum atomic E-state index is 12.4. The van der Waals surface area contributed by atoms with Gasteiger partial charge in [0, 0.05) is 23.2 Å². The summed E-state index contributed by atoms with van der Waals surface area (Å²) in [6, 6.07) is 4.22. The molecule has 2 aliphatic rings. The topological polar surface area (TPSA) is 33.2 Å². The van der Waals surface area contributed by atoms with Gasteiger partial charge in [-0.3, -0.25) is 9.69 Å². The van der Waals surface area contributed by atoms with Crippen LogP contribution in [0.25, 0.3) is 0 Å². The van der Waals surface area contributed by atoms with Gasteiger partial charge in [-0.2, -0.15) is 0 Å². The zero-order chi connectivity index (χ0) is 13.1. The fourth-order valence-corrected chi connectivity index (χ4v) is 2.82. The van der Waals surface area contributed by atoms with Gasteiger partial charge in [-0.25, -0.2) is 4.98 Å². The SMILES string of the molecule is CCN1C(=O)C2(CC2)c2ccc(C(C)(C)C)nc21. The highest BCUT2D eigenvalue weighted by molar-refractivity contribution is 6.09. The summed E-state index contributed by atoms with van der Waals surface area (Å²) in [6.07, 6.45) is 1.98. The lowest BCUT2D eigenvalue weighted by atomic mass is 9.90. The molecule has 1 aromatic rings. The van der Waals surface area contributed by atoms with E-state index in [-0.39, 0.29) is 16.7 Å². The summed E-state index contributed by atoms with van der Waals surface area (Å²) in [5, 5.41) is 0. The molecule has 0 saturated heterocycles. The molecular weight excluding hydrogens is 224 g/mol. The molecule has 3 heteroatoms. The minimum Gasteiger partial charge on any atom is -0.296 e. The molecule has 1 spiro atoms. The van der Waals surface area contributed by atoms with E-state index in [9.17, 15) is 4.79 Å². The minimum atomic E-state index is -0.200. The van der Waals surface area contributed by atoms with Crippen LogP contribution in [0, 0.1) is 0 Å². The van der Waals surface area contributed by atoms with Crippen LogP contribution in [0.2, 0.25) is 0 Å². The van der Waals surface area contributed by atoms with E-state index in [1.807, 2.05) is 11.8 Å². The number of hydrogen-bond donors (Lipinski definition) is 0. The summed E-state index contributed by atoms with van der Waals surface area (Å²) in [4.78, 5) is 19.1. The van der Waals surface area contributed by atoms with Gasteiger partial charge in [0.25, 0.3) is 0 Å². The standard InChI is InChI=1S/C15H20N2O/c1-5-17-12-10(15(8-9-15)13(17)18)6-7-11(16-12)14(2,3)4/h6-7H,5,8-9H2,1-4H3. The molecule has 0 atom stereocenters. The lowest BCUT2D eigenvalue weighted by Gasteiger charge is -2.20. The van der Waals surface area contributed by atoms with Gasteiger partial charge in [-0.1, -0.05) is 26.8 Å². The predicted molar refractivity (Wildman–Crippen MR) is 71.9 cm³/mol. The lowest BCUT2D eigenvalue weighted by molar-refractivity contribution is -0.120. The van der Waals surface area contributed by atoms with Crippen LogP contribution in [0.1, 0.15) is 51.8 Å². The Morgan fingerprint density at radius 1 is 1.33 bits per heavy atom. The van der Waals surface area contributed by atoms with E-state index in [4.69, 9.17) is 4.98 Å². The molecule has 3 nitrogen and oxygen atoms in total. The second kappa shape index (κ2) is 3.34. The van der Waals surface area contributed by atoms with Gasteiger partial charge in [0.05, 0.1) is 5.41 Å². The maximum Gasteiger partial charge on any atom is 0.238 e. The molecule has 0 unspecified atom stereocenters. The molecular formula is C15H20N2O. The number of amides is 1. The Hall–Kier alpha value is -1.38. The third kappa shape index (κ3) is 1.36. The molecule has 1 saturated carbocycles. The highest BCUT2D eigenvalue weighted by Crippen LogP contribution is 2.56. The lowest BCUT2D eigenvalue weighted by Crippen LogP contribution is -2.32. The quantitative estimate of drug-likeness (QED) is 0.761. The van der Waals surface area contributed by atoms with E-state index in [0.717, 1.165) is 29.9 Å². The van der Waals surface area contributed by atoms with E-state index in [1.54, 1.807) is 0 Å². The number of rotatable bonds is 1. The normalized spacial score (nSPS) is 20.4. The van der Waals surface area contributed by atoms with Crippen LogP contribution in [-0.4, -0.2) is 17.4 Å².